The third kappa shape index (κ3) is 3.89. The number of nitrogens with zero attached hydrogens (tertiary/aromatic N) is 1. The quantitative estimate of drug-likeness (QED) is 0.831. The Morgan fingerprint density at radius 2 is 1.94 bits per heavy atom. The lowest BCUT2D eigenvalue weighted by molar-refractivity contribution is -0.119. The molecule has 0 aliphatic carbocycles. The molecule has 6 heteroatoms. The third-order valence-corrected chi connectivity index (χ3v) is 2.28. The van der Waals surface area contributed by atoms with E-state index in [0.29, 0.717) is 12.0 Å². The second-order valence-corrected chi connectivity index (χ2v) is 3.76. The Labute approximate surface area is 97.0 Å². The highest BCUT2D eigenvalue weighted by Gasteiger charge is 2.30. The van der Waals surface area contributed by atoms with Crippen molar-refractivity contribution < 1.29 is 17.6 Å². The highest BCUT2D eigenvalue weighted by molar-refractivity contribution is 5.54. The highest BCUT2D eigenvalue weighted by Crippen LogP contribution is 2.27. The lowest BCUT2D eigenvalue weighted by Gasteiger charge is -2.24. The molecule has 1 rings (SSSR count). The summed E-state index contributed by atoms with van der Waals surface area (Å²) in [6.07, 6.45) is -4.02. The van der Waals surface area contributed by atoms with Crippen LogP contribution in [0.1, 0.15) is 5.56 Å². The van der Waals surface area contributed by atoms with E-state index in [4.69, 9.17) is 5.73 Å². The van der Waals surface area contributed by atoms with Gasteiger partial charge in [-0.3, -0.25) is 0 Å². The molecule has 2 N–H and O–H groups in total. The lowest BCUT2D eigenvalue weighted by Crippen LogP contribution is -2.32. The predicted molar refractivity (Wildman–Crippen MR) is 58.5 cm³/mol. The van der Waals surface area contributed by atoms with E-state index >= 15 is 0 Å². The molecule has 0 amide bonds. The maximum atomic E-state index is 13.5. The summed E-state index contributed by atoms with van der Waals surface area (Å²) in [5.41, 5.74) is 5.80. The molecule has 0 unspecified atom stereocenters. The number of halogens is 4. The third-order valence-electron chi connectivity index (χ3n) is 2.28. The summed E-state index contributed by atoms with van der Waals surface area (Å²) >= 11 is 0. The first kappa shape index (κ1) is 13.8. The maximum Gasteiger partial charge on any atom is 0.405 e. The van der Waals surface area contributed by atoms with Crippen LogP contribution >= 0.6 is 0 Å². The molecule has 96 valence electrons. The van der Waals surface area contributed by atoms with Gasteiger partial charge in [0.15, 0.2) is 0 Å². The SMILES string of the molecule is CN(CC(F)(F)F)c1c(F)cccc1CCN. The van der Waals surface area contributed by atoms with Gasteiger partial charge in [-0.2, -0.15) is 13.2 Å². The summed E-state index contributed by atoms with van der Waals surface area (Å²) in [4.78, 5) is 0.861. The Bertz CT molecular complexity index is 376. The zero-order chi connectivity index (χ0) is 13.1. The number of hydrogen-bond donors (Lipinski definition) is 1. The van der Waals surface area contributed by atoms with Crippen LogP contribution in [-0.2, 0) is 6.42 Å². The molecule has 0 heterocycles. The van der Waals surface area contributed by atoms with Gasteiger partial charge in [0, 0.05) is 7.05 Å². The first-order valence-electron chi connectivity index (χ1n) is 5.10. The fourth-order valence-electron chi connectivity index (χ4n) is 1.69. The summed E-state index contributed by atoms with van der Waals surface area (Å²) in [5, 5.41) is 0. The van der Waals surface area contributed by atoms with Crippen LogP contribution in [0.5, 0.6) is 0 Å². The van der Waals surface area contributed by atoms with Crippen molar-refractivity contribution in [2.75, 3.05) is 25.0 Å². The second kappa shape index (κ2) is 5.35. The number of hydrogen-bond acceptors (Lipinski definition) is 2. The van der Waals surface area contributed by atoms with Gasteiger partial charge in [-0.25, -0.2) is 4.39 Å². The van der Waals surface area contributed by atoms with Gasteiger partial charge in [-0.15, -0.1) is 0 Å². The second-order valence-electron chi connectivity index (χ2n) is 3.76. The van der Waals surface area contributed by atoms with Crippen LogP contribution in [-0.4, -0.2) is 26.3 Å². The summed E-state index contributed by atoms with van der Waals surface area (Å²) in [6.45, 7) is -0.929. The van der Waals surface area contributed by atoms with Gasteiger partial charge < -0.3 is 10.6 Å². The number of para-hydroxylation sites is 1. The normalized spacial score (nSPS) is 11.6. The molecule has 1 aromatic rings. The molecular formula is C11H14F4N2. The molecule has 0 spiro atoms. The van der Waals surface area contributed by atoms with Gasteiger partial charge in [0.05, 0.1) is 5.69 Å². The number of benzene rings is 1. The van der Waals surface area contributed by atoms with Crippen LogP contribution in [0.4, 0.5) is 23.2 Å². The van der Waals surface area contributed by atoms with Crippen molar-refractivity contribution in [3.63, 3.8) is 0 Å². The number of alkyl halides is 3. The minimum Gasteiger partial charge on any atom is -0.363 e. The van der Waals surface area contributed by atoms with E-state index in [2.05, 4.69) is 0 Å². The summed E-state index contributed by atoms with van der Waals surface area (Å²) < 4.78 is 50.3. The van der Waals surface area contributed by atoms with Crippen LogP contribution in [0.25, 0.3) is 0 Å². The smallest absolute Gasteiger partial charge is 0.363 e. The fourth-order valence-corrected chi connectivity index (χ4v) is 1.69. The Morgan fingerprint density at radius 3 is 2.47 bits per heavy atom. The molecule has 2 nitrogen and oxygen atoms in total. The van der Waals surface area contributed by atoms with Crippen molar-refractivity contribution in [2.45, 2.75) is 12.6 Å². The largest absolute Gasteiger partial charge is 0.405 e. The van der Waals surface area contributed by atoms with Gasteiger partial charge in [0.2, 0.25) is 0 Å². The maximum absolute atomic E-state index is 13.5. The van der Waals surface area contributed by atoms with Gasteiger partial charge in [-0.05, 0) is 24.6 Å². The van der Waals surface area contributed by atoms with Crippen molar-refractivity contribution in [2.24, 2.45) is 5.73 Å². The van der Waals surface area contributed by atoms with E-state index in [1.807, 2.05) is 0 Å². The molecule has 0 atom stereocenters. The van der Waals surface area contributed by atoms with Crippen LogP contribution in [0, 0.1) is 5.82 Å². The van der Waals surface area contributed by atoms with Crippen molar-refractivity contribution in [1.82, 2.24) is 0 Å². The number of nitrogens with two attached hydrogens (primary N) is 1. The summed E-state index contributed by atoms with van der Waals surface area (Å²) in [5.74, 6) is -0.664. The van der Waals surface area contributed by atoms with Crippen molar-refractivity contribution >= 4 is 5.69 Å². The van der Waals surface area contributed by atoms with E-state index in [-0.39, 0.29) is 12.2 Å². The average Bonchev–Trinajstić information content (AvgIpc) is 2.15. The topological polar surface area (TPSA) is 29.3 Å². The molecule has 0 aliphatic heterocycles. The first-order chi connectivity index (χ1) is 7.85. The average molecular weight is 250 g/mol. The minimum atomic E-state index is -4.36. The molecule has 0 saturated carbocycles. The monoisotopic (exact) mass is 250 g/mol. The molecule has 0 aliphatic rings. The van der Waals surface area contributed by atoms with Crippen molar-refractivity contribution in [3.8, 4) is 0 Å². The summed E-state index contributed by atoms with van der Waals surface area (Å²) in [6, 6.07) is 4.19. The molecular weight excluding hydrogens is 236 g/mol. The zero-order valence-corrected chi connectivity index (χ0v) is 9.39. The van der Waals surface area contributed by atoms with E-state index in [1.165, 1.54) is 13.1 Å². The molecule has 1 aromatic carbocycles. The van der Waals surface area contributed by atoms with Crippen molar-refractivity contribution in [3.05, 3.63) is 29.6 Å². The van der Waals surface area contributed by atoms with Gasteiger partial charge in [0.25, 0.3) is 0 Å². The Balaban J connectivity index is 3.02. The lowest BCUT2D eigenvalue weighted by atomic mass is 10.1. The van der Waals surface area contributed by atoms with E-state index in [9.17, 15) is 17.6 Å². The minimum absolute atomic E-state index is 0.0322. The molecule has 0 bridgehead atoms. The Hall–Kier alpha value is -1.30. The molecule has 0 radical (unpaired) electrons. The first-order valence-corrected chi connectivity index (χ1v) is 5.10. The highest BCUT2D eigenvalue weighted by atomic mass is 19.4. The standard InChI is InChI=1S/C11H14F4N2/c1-17(7-11(13,14)15)10-8(5-6-16)3-2-4-9(10)12/h2-4H,5-7,16H2,1H3. The van der Waals surface area contributed by atoms with Crippen LogP contribution in [0.3, 0.4) is 0 Å². The summed E-state index contributed by atoms with van der Waals surface area (Å²) in [7, 11) is 1.21. The van der Waals surface area contributed by atoms with E-state index in [1.54, 1.807) is 6.07 Å². The molecule has 0 fully saturated rings. The van der Waals surface area contributed by atoms with Crippen LogP contribution in [0.2, 0.25) is 0 Å². The zero-order valence-electron chi connectivity index (χ0n) is 9.39. The van der Waals surface area contributed by atoms with Crippen molar-refractivity contribution in [1.29, 1.82) is 0 Å². The van der Waals surface area contributed by atoms with E-state index < -0.39 is 18.5 Å². The van der Waals surface area contributed by atoms with Gasteiger partial charge >= 0.3 is 6.18 Å². The predicted octanol–water partition coefficient (Wildman–Crippen LogP) is 2.33. The van der Waals surface area contributed by atoms with Crippen LogP contribution in [0.15, 0.2) is 18.2 Å². The van der Waals surface area contributed by atoms with E-state index in [0.717, 1.165) is 11.0 Å². The number of anilines is 1. The Morgan fingerprint density at radius 1 is 1.29 bits per heavy atom. The molecule has 0 aromatic heterocycles. The fraction of sp³-hybridized carbons (Fsp3) is 0.455. The van der Waals surface area contributed by atoms with Gasteiger partial charge in [-0.1, -0.05) is 12.1 Å². The molecule has 0 saturated heterocycles. The van der Waals surface area contributed by atoms with Crippen LogP contribution < -0.4 is 10.6 Å². The van der Waals surface area contributed by atoms with Gasteiger partial charge in [0.1, 0.15) is 12.4 Å². The number of rotatable bonds is 4. The Kier molecular flexibility index (Phi) is 4.34. The molecule has 17 heavy (non-hydrogen) atoms.